The van der Waals surface area contributed by atoms with Gasteiger partial charge in [0.1, 0.15) is 24.6 Å². The second kappa shape index (κ2) is 7.40. The van der Waals surface area contributed by atoms with Gasteiger partial charge < -0.3 is 15.2 Å². The number of nitrogens with zero attached hydrogens (tertiary/aromatic N) is 3. The van der Waals surface area contributed by atoms with E-state index in [9.17, 15) is 14.4 Å². The number of carbonyl (C=O) groups is 1. The molecule has 9 heteroatoms. The molecule has 9 nitrogen and oxygen atoms in total. The van der Waals surface area contributed by atoms with E-state index in [4.69, 9.17) is 15.2 Å². The van der Waals surface area contributed by atoms with Gasteiger partial charge in [-0.05, 0) is 37.1 Å². The summed E-state index contributed by atoms with van der Waals surface area (Å²) in [6, 6.07) is 5.87. The zero-order chi connectivity index (χ0) is 20.7. The molecule has 1 fully saturated rings. The number of nitrogen functional groups attached to an aromatic ring is 1. The summed E-state index contributed by atoms with van der Waals surface area (Å²) < 4.78 is 13.3. The molecule has 0 saturated carbocycles. The van der Waals surface area contributed by atoms with Crippen molar-refractivity contribution in [2.24, 2.45) is 14.1 Å². The Morgan fingerprint density at radius 2 is 1.86 bits per heavy atom. The van der Waals surface area contributed by atoms with Crippen LogP contribution in [0.1, 0.15) is 34.8 Å². The fraction of sp³-hybridized carbons (Fsp3) is 0.450. The highest BCUT2D eigenvalue weighted by Gasteiger charge is 2.31. The molecule has 2 aromatic rings. The van der Waals surface area contributed by atoms with Crippen LogP contribution in [0.4, 0.5) is 5.82 Å². The fourth-order valence-electron chi connectivity index (χ4n) is 4.05. The van der Waals surface area contributed by atoms with Gasteiger partial charge in [0.25, 0.3) is 5.56 Å². The Bertz CT molecular complexity index is 1090. The minimum absolute atomic E-state index is 0.0346. The summed E-state index contributed by atoms with van der Waals surface area (Å²) in [5.41, 5.74) is 5.62. The lowest BCUT2D eigenvalue weighted by Gasteiger charge is -2.26. The number of rotatable bonds is 4. The summed E-state index contributed by atoms with van der Waals surface area (Å²) in [5, 5.41) is 0. The first kappa shape index (κ1) is 19.3. The standard InChI is InChI=1S/C20H24N4O5/c1-22-18(21)17(19(26)23(2)20(22)27)14(25)11-24-7-3-4-13(24)12-5-6-15-16(10-12)29-9-8-28-15/h5-6,10,13H,3-4,7-9,11,21H2,1-2H3/t13-/m0/s1. The lowest BCUT2D eigenvalue weighted by molar-refractivity contribution is 0.0919. The third-order valence-electron chi connectivity index (χ3n) is 5.65. The van der Waals surface area contributed by atoms with Crippen molar-refractivity contribution >= 4 is 11.6 Å². The molecule has 2 aliphatic heterocycles. The maximum Gasteiger partial charge on any atom is 0.332 e. The number of hydrogen-bond donors (Lipinski definition) is 1. The van der Waals surface area contributed by atoms with Gasteiger partial charge in [0.15, 0.2) is 17.3 Å². The van der Waals surface area contributed by atoms with E-state index in [1.165, 1.54) is 14.1 Å². The Hall–Kier alpha value is -3.07. The second-order valence-electron chi connectivity index (χ2n) is 7.42. The number of fused-ring (bicyclic) bond motifs is 1. The number of nitrogens with two attached hydrogens (primary N) is 1. The Morgan fingerprint density at radius 1 is 1.14 bits per heavy atom. The molecule has 1 saturated heterocycles. The minimum Gasteiger partial charge on any atom is -0.486 e. The van der Waals surface area contributed by atoms with Crippen molar-refractivity contribution in [1.82, 2.24) is 14.0 Å². The van der Waals surface area contributed by atoms with E-state index in [0.717, 1.165) is 39.8 Å². The number of aromatic nitrogens is 2. The quantitative estimate of drug-likeness (QED) is 0.743. The van der Waals surface area contributed by atoms with E-state index in [1.807, 2.05) is 23.1 Å². The third-order valence-corrected chi connectivity index (χ3v) is 5.65. The van der Waals surface area contributed by atoms with Gasteiger partial charge in [-0.15, -0.1) is 0 Å². The summed E-state index contributed by atoms with van der Waals surface area (Å²) in [5.74, 6) is 0.950. The van der Waals surface area contributed by atoms with E-state index in [2.05, 4.69) is 0 Å². The summed E-state index contributed by atoms with van der Waals surface area (Å²) in [6.45, 7) is 1.83. The van der Waals surface area contributed by atoms with Crippen LogP contribution in [0.15, 0.2) is 27.8 Å². The molecule has 2 aliphatic rings. The number of hydrogen-bond acceptors (Lipinski definition) is 7. The Kier molecular flexibility index (Phi) is 4.91. The Morgan fingerprint density at radius 3 is 2.62 bits per heavy atom. The maximum absolute atomic E-state index is 13.0. The van der Waals surface area contributed by atoms with Gasteiger partial charge in [0.2, 0.25) is 0 Å². The SMILES string of the molecule is Cn1c(N)c(C(=O)CN2CCC[C@H]2c2ccc3c(c2)OCCO3)c(=O)n(C)c1=O. The molecule has 2 N–H and O–H groups in total. The van der Waals surface area contributed by atoms with E-state index in [0.29, 0.717) is 19.0 Å². The predicted molar refractivity (Wildman–Crippen MR) is 107 cm³/mol. The molecule has 0 spiro atoms. The number of likely N-dealkylation sites (tertiary alicyclic amines) is 1. The summed E-state index contributed by atoms with van der Waals surface area (Å²) in [4.78, 5) is 39.5. The molecule has 29 heavy (non-hydrogen) atoms. The van der Waals surface area contributed by atoms with Crippen LogP contribution in [0.3, 0.4) is 0 Å². The van der Waals surface area contributed by atoms with Crippen molar-refractivity contribution < 1.29 is 14.3 Å². The van der Waals surface area contributed by atoms with Crippen molar-refractivity contribution in [3.63, 3.8) is 0 Å². The van der Waals surface area contributed by atoms with E-state index in [-0.39, 0.29) is 29.8 Å². The lowest BCUT2D eigenvalue weighted by Crippen LogP contribution is -2.43. The van der Waals surface area contributed by atoms with Crippen molar-refractivity contribution in [1.29, 1.82) is 0 Å². The number of Topliss-reactive ketones (excluding diaryl/α,β-unsaturated/α-hetero) is 1. The average Bonchev–Trinajstić information content (AvgIpc) is 3.18. The Labute approximate surface area is 167 Å². The first-order chi connectivity index (χ1) is 13.9. The van der Waals surface area contributed by atoms with Crippen LogP contribution in [0, 0.1) is 0 Å². The molecule has 0 amide bonds. The molecule has 4 rings (SSSR count). The van der Waals surface area contributed by atoms with E-state index >= 15 is 0 Å². The monoisotopic (exact) mass is 400 g/mol. The average molecular weight is 400 g/mol. The van der Waals surface area contributed by atoms with Crippen LogP contribution in [0.2, 0.25) is 0 Å². The molecule has 0 aliphatic carbocycles. The number of benzene rings is 1. The summed E-state index contributed by atoms with van der Waals surface area (Å²) in [7, 11) is 2.79. The van der Waals surface area contributed by atoms with Gasteiger partial charge in [-0.25, -0.2) is 4.79 Å². The lowest BCUT2D eigenvalue weighted by atomic mass is 10.0. The van der Waals surface area contributed by atoms with Crippen LogP contribution in [-0.4, -0.2) is 46.1 Å². The van der Waals surface area contributed by atoms with Crippen molar-refractivity contribution in [2.75, 3.05) is 32.0 Å². The van der Waals surface area contributed by atoms with Gasteiger partial charge in [-0.1, -0.05) is 6.07 Å². The second-order valence-corrected chi connectivity index (χ2v) is 7.42. The van der Waals surface area contributed by atoms with Crippen LogP contribution in [0.5, 0.6) is 11.5 Å². The van der Waals surface area contributed by atoms with Crippen LogP contribution in [-0.2, 0) is 14.1 Å². The summed E-state index contributed by atoms with van der Waals surface area (Å²) in [6.07, 6.45) is 1.83. The topological polar surface area (TPSA) is 109 Å². The van der Waals surface area contributed by atoms with Gasteiger partial charge in [0.05, 0.1) is 6.54 Å². The van der Waals surface area contributed by atoms with Gasteiger partial charge in [-0.2, -0.15) is 0 Å². The number of anilines is 1. The molecule has 1 aromatic carbocycles. The number of ether oxygens (including phenoxy) is 2. The molecule has 154 valence electrons. The maximum atomic E-state index is 13.0. The molecule has 0 radical (unpaired) electrons. The van der Waals surface area contributed by atoms with Gasteiger partial charge >= 0.3 is 5.69 Å². The van der Waals surface area contributed by atoms with Gasteiger partial charge in [0, 0.05) is 20.1 Å². The highest BCUT2D eigenvalue weighted by molar-refractivity contribution is 6.01. The molecule has 3 heterocycles. The Balaban J connectivity index is 1.61. The molecule has 0 unspecified atom stereocenters. The van der Waals surface area contributed by atoms with Crippen LogP contribution < -0.4 is 26.5 Å². The number of carbonyl (C=O) groups excluding carboxylic acids is 1. The van der Waals surface area contributed by atoms with E-state index < -0.39 is 11.2 Å². The first-order valence-corrected chi connectivity index (χ1v) is 9.60. The first-order valence-electron chi connectivity index (χ1n) is 9.60. The largest absolute Gasteiger partial charge is 0.486 e. The molecular formula is C20H24N4O5. The highest BCUT2D eigenvalue weighted by Crippen LogP contribution is 2.38. The van der Waals surface area contributed by atoms with Gasteiger partial charge in [-0.3, -0.25) is 23.6 Å². The zero-order valence-corrected chi connectivity index (χ0v) is 16.5. The van der Waals surface area contributed by atoms with Crippen LogP contribution >= 0.6 is 0 Å². The van der Waals surface area contributed by atoms with Crippen molar-refractivity contribution in [2.45, 2.75) is 18.9 Å². The zero-order valence-electron chi connectivity index (χ0n) is 16.5. The smallest absolute Gasteiger partial charge is 0.332 e. The van der Waals surface area contributed by atoms with Crippen molar-refractivity contribution in [3.05, 3.63) is 50.2 Å². The third kappa shape index (κ3) is 3.31. The molecule has 0 bridgehead atoms. The van der Waals surface area contributed by atoms with Crippen LogP contribution in [0.25, 0.3) is 0 Å². The minimum atomic E-state index is -0.661. The normalized spacial score (nSPS) is 18.8. The fourth-order valence-corrected chi connectivity index (χ4v) is 4.05. The predicted octanol–water partition coefficient (Wildman–Crippen LogP) is 0.457. The molecule has 1 atom stereocenters. The number of ketones is 1. The molecular weight excluding hydrogens is 376 g/mol. The van der Waals surface area contributed by atoms with Crippen molar-refractivity contribution in [3.8, 4) is 11.5 Å². The summed E-state index contributed by atoms with van der Waals surface area (Å²) >= 11 is 0. The molecule has 1 aromatic heterocycles. The highest BCUT2D eigenvalue weighted by atomic mass is 16.6. The van der Waals surface area contributed by atoms with E-state index in [1.54, 1.807) is 0 Å².